The number of benzene rings is 1. The molecule has 5 heteroatoms. The molecule has 1 unspecified atom stereocenters. The minimum Gasteiger partial charge on any atom is -0.481 e. The lowest BCUT2D eigenvalue weighted by molar-refractivity contribution is -0.145. The zero-order valence-electron chi connectivity index (χ0n) is 11.5. The standard InChI is InChI=1S/C15H18BrNO3/c1-8-3-4-12(16)13(7-8)17-14(18)10-5-9(2)6-11(10)15(19)20/h3-4,7,9-11H,5-6H2,1-2H3,(H,17,18)(H,19,20)/t9?,10-,11+/m0/s1. The molecule has 2 rings (SSSR count). The fourth-order valence-corrected chi connectivity index (χ4v) is 3.16. The molecule has 0 spiro atoms. The van der Waals surface area contributed by atoms with Crippen molar-refractivity contribution in [1.82, 2.24) is 0 Å². The van der Waals surface area contributed by atoms with E-state index in [1.165, 1.54) is 0 Å². The van der Waals surface area contributed by atoms with Gasteiger partial charge in [0.25, 0.3) is 0 Å². The summed E-state index contributed by atoms with van der Waals surface area (Å²) in [6, 6.07) is 5.68. The van der Waals surface area contributed by atoms with Crippen LogP contribution in [0.3, 0.4) is 0 Å². The number of nitrogens with one attached hydrogen (secondary N) is 1. The minimum atomic E-state index is -0.877. The predicted octanol–water partition coefficient (Wildman–Crippen LogP) is 3.44. The Morgan fingerprint density at radius 2 is 1.95 bits per heavy atom. The molecule has 1 aromatic carbocycles. The Balaban J connectivity index is 2.15. The summed E-state index contributed by atoms with van der Waals surface area (Å²) in [5.74, 6) is -1.83. The summed E-state index contributed by atoms with van der Waals surface area (Å²) in [7, 11) is 0. The number of carbonyl (C=O) groups excluding carboxylic acids is 1. The number of halogens is 1. The van der Waals surface area contributed by atoms with Crippen LogP contribution in [-0.2, 0) is 9.59 Å². The van der Waals surface area contributed by atoms with Crippen LogP contribution in [-0.4, -0.2) is 17.0 Å². The van der Waals surface area contributed by atoms with Crippen LogP contribution in [0.1, 0.15) is 25.3 Å². The molecule has 1 aliphatic carbocycles. The van der Waals surface area contributed by atoms with Crippen LogP contribution in [0.15, 0.2) is 22.7 Å². The Morgan fingerprint density at radius 1 is 1.30 bits per heavy atom. The van der Waals surface area contributed by atoms with E-state index < -0.39 is 17.8 Å². The summed E-state index contributed by atoms with van der Waals surface area (Å²) < 4.78 is 0.800. The van der Waals surface area contributed by atoms with E-state index in [1.807, 2.05) is 32.0 Å². The van der Waals surface area contributed by atoms with Gasteiger partial charge in [0.1, 0.15) is 0 Å². The van der Waals surface area contributed by atoms with Crippen molar-refractivity contribution in [3.8, 4) is 0 Å². The average Bonchev–Trinajstić information content (AvgIpc) is 2.76. The van der Waals surface area contributed by atoms with Gasteiger partial charge in [-0.3, -0.25) is 9.59 Å². The second-order valence-corrected chi connectivity index (χ2v) is 6.45. The lowest BCUT2D eigenvalue weighted by Crippen LogP contribution is -2.30. The van der Waals surface area contributed by atoms with Crippen molar-refractivity contribution in [3.05, 3.63) is 28.2 Å². The number of rotatable bonds is 3. The van der Waals surface area contributed by atoms with Crippen molar-refractivity contribution >= 4 is 33.5 Å². The van der Waals surface area contributed by atoms with Gasteiger partial charge >= 0.3 is 5.97 Å². The molecule has 0 heterocycles. The molecule has 2 N–H and O–H groups in total. The normalized spacial score (nSPS) is 25.4. The number of aryl methyl sites for hydroxylation is 1. The first-order valence-corrected chi connectivity index (χ1v) is 7.47. The maximum atomic E-state index is 12.3. The molecule has 1 aromatic rings. The Bertz CT molecular complexity index is 544. The van der Waals surface area contributed by atoms with Crippen molar-refractivity contribution < 1.29 is 14.7 Å². The number of hydrogen-bond acceptors (Lipinski definition) is 2. The number of carboxylic acids is 1. The lowest BCUT2D eigenvalue weighted by Gasteiger charge is -2.16. The summed E-state index contributed by atoms with van der Waals surface area (Å²) >= 11 is 3.39. The Labute approximate surface area is 126 Å². The molecule has 3 atom stereocenters. The highest BCUT2D eigenvalue weighted by Gasteiger charge is 2.41. The maximum absolute atomic E-state index is 12.3. The van der Waals surface area contributed by atoms with Gasteiger partial charge in [-0.2, -0.15) is 0 Å². The highest BCUT2D eigenvalue weighted by atomic mass is 79.9. The molecular weight excluding hydrogens is 322 g/mol. The van der Waals surface area contributed by atoms with E-state index in [2.05, 4.69) is 21.2 Å². The molecule has 1 fully saturated rings. The summed E-state index contributed by atoms with van der Waals surface area (Å²) in [6.07, 6.45) is 1.20. The molecule has 0 bridgehead atoms. The fourth-order valence-electron chi connectivity index (χ4n) is 2.81. The van der Waals surface area contributed by atoms with Crippen molar-refractivity contribution in [1.29, 1.82) is 0 Å². The van der Waals surface area contributed by atoms with Gasteiger partial charge in [-0.05, 0) is 59.3 Å². The first-order valence-electron chi connectivity index (χ1n) is 6.68. The number of hydrogen-bond donors (Lipinski definition) is 2. The van der Waals surface area contributed by atoms with Crippen molar-refractivity contribution in [2.45, 2.75) is 26.7 Å². The van der Waals surface area contributed by atoms with Gasteiger partial charge in [-0.25, -0.2) is 0 Å². The van der Waals surface area contributed by atoms with Crippen LogP contribution in [0.25, 0.3) is 0 Å². The zero-order chi connectivity index (χ0) is 14.9. The number of carbonyl (C=O) groups is 2. The quantitative estimate of drug-likeness (QED) is 0.886. The lowest BCUT2D eigenvalue weighted by atomic mass is 9.95. The number of carboxylic acid groups (broad SMARTS) is 1. The van der Waals surface area contributed by atoms with Gasteiger partial charge in [0.05, 0.1) is 17.5 Å². The van der Waals surface area contributed by atoms with Gasteiger partial charge in [0.2, 0.25) is 5.91 Å². The van der Waals surface area contributed by atoms with E-state index in [4.69, 9.17) is 0 Å². The zero-order valence-corrected chi connectivity index (χ0v) is 13.1. The van der Waals surface area contributed by atoms with E-state index >= 15 is 0 Å². The van der Waals surface area contributed by atoms with Crippen LogP contribution in [0, 0.1) is 24.7 Å². The largest absolute Gasteiger partial charge is 0.481 e. The molecule has 20 heavy (non-hydrogen) atoms. The van der Waals surface area contributed by atoms with Gasteiger partial charge in [0, 0.05) is 4.47 Å². The second kappa shape index (κ2) is 5.95. The van der Waals surface area contributed by atoms with Gasteiger partial charge < -0.3 is 10.4 Å². The third-order valence-electron chi connectivity index (χ3n) is 3.83. The van der Waals surface area contributed by atoms with Gasteiger partial charge in [-0.1, -0.05) is 13.0 Å². The first-order chi connectivity index (χ1) is 9.38. The molecule has 1 saturated carbocycles. The summed E-state index contributed by atoms with van der Waals surface area (Å²) in [5, 5.41) is 12.1. The predicted molar refractivity (Wildman–Crippen MR) is 80.5 cm³/mol. The van der Waals surface area contributed by atoms with Gasteiger partial charge in [-0.15, -0.1) is 0 Å². The summed E-state index contributed by atoms with van der Waals surface area (Å²) in [4.78, 5) is 23.6. The fraction of sp³-hybridized carbons (Fsp3) is 0.467. The molecular formula is C15H18BrNO3. The second-order valence-electron chi connectivity index (χ2n) is 5.60. The molecule has 1 amide bonds. The number of anilines is 1. The van der Waals surface area contributed by atoms with Crippen LogP contribution < -0.4 is 5.32 Å². The monoisotopic (exact) mass is 339 g/mol. The van der Waals surface area contributed by atoms with E-state index in [9.17, 15) is 14.7 Å². The topological polar surface area (TPSA) is 66.4 Å². The first kappa shape index (κ1) is 15.0. The Hall–Kier alpha value is -1.36. The maximum Gasteiger partial charge on any atom is 0.307 e. The van der Waals surface area contributed by atoms with E-state index in [1.54, 1.807) is 0 Å². The average molecular weight is 340 g/mol. The Kier molecular flexibility index (Phi) is 4.48. The Morgan fingerprint density at radius 3 is 2.60 bits per heavy atom. The number of amides is 1. The smallest absolute Gasteiger partial charge is 0.307 e. The highest BCUT2D eigenvalue weighted by Crippen LogP contribution is 2.37. The van der Waals surface area contributed by atoms with Crippen molar-refractivity contribution in [2.75, 3.05) is 5.32 Å². The van der Waals surface area contributed by atoms with E-state index in [0.717, 1.165) is 10.0 Å². The molecule has 0 saturated heterocycles. The van der Waals surface area contributed by atoms with Crippen LogP contribution in [0.4, 0.5) is 5.69 Å². The van der Waals surface area contributed by atoms with Crippen molar-refractivity contribution in [2.24, 2.45) is 17.8 Å². The van der Waals surface area contributed by atoms with E-state index in [0.29, 0.717) is 18.5 Å². The molecule has 1 aliphatic rings. The molecule has 0 aliphatic heterocycles. The third-order valence-corrected chi connectivity index (χ3v) is 4.52. The van der Waals surface area contributed by atoms with Gasteiger partial charge in [0.15, 0.2) is 0 Å². The van der Waals surface area contributed by atoms with Crippen LogP contribution >= 0.6 is 15.9 Å². The van der Waals surface area contributed by atoms with Crippen molar-refractivity contribution in [3.63, 3.8) is 0 Å². The van der Waals surface area contributed by atoms with Crippen LogP contribution in [0.5, 0.6) is 0 Å². The third kappa shape index (κ3) is 3.20. The highest BCUT2D eigenvalue weighted by molar-refractivity contribution is 9.10. The molecule has 0 radical (unpaired) electrons. The molecule has 108 valence electrons. The number of aliphatic carboxylic acids is 1. The van der Waals surface area contributed by atoms with E-state index in [-0.39, 0.29) is 11.8 Å². The SMILES string of the molecule is Cc1ccc(Br)c(NC(=O)[C@H]2CC(C)C[C@H]2C(=O)O)c1. The summed E-state index contributed by atoms with van der Waals surface area (Å²) in [6.45, 7) is 3.94. The summed E-state index contributed by atoms with van der Waals surface area (Å²) in [5.41, 5.74) is 1.73. The molecule has 0 aromatic heterocycles. The minimum absolute atomic E-state index is 0.201. The van der Waals surface area contributed by atoms with Crippen LogP contribution in [0.2, 0.25) is 0 Å². The molecule has 4 nitrogen and oxygen atoms in total.